The Morgan fingerprint density at radius 1 is 1.26 bits per heavy atom. The minimum absolute atomic E-state index is 0.0620. The molecule has 4 nitrogen and oxygen atoms in total. The summed E-state index contributed by atoms with van der Waals surface area (Å²) < 4.78 is 14.9. The molecule has 23 heavy (non-hydrogen) atoms. The number of hydrogen-bond acceptors (Lipinski definition) is 3. The van der Waals surface area contributed by atoms with Crippen LogP contribution in [0.5, 0.6) is 0 Å². The Morgan fingerprint density at radius 3 is 2.52 bits per heavy atom. The van der Waals surface area contributed by atoms with E-state index in [0.29, 0.717) is 15.6 Å². The van der Waals surface area contributed by atoms with Crippen molar-refractivity contribution in [1.82, 2.24) is 4.57 Å². The molecular weight excluding hydrogens is 317 g/mol. The van der Waals surface area contributed by atoms with Crippen molar-refractivity contribution in [2.24, 2.45) is 0 Å². The van der Waals surface area contributed by atoms with Gasteiger partial charge in [0.2, 0.25) is 0 Å². The Bertz CT molecular complexity index is 970. The van der Waals surface area contributed by atoms with Gasteiger partial charge in [0.15, 0.2) is 0 Å². The first kappa shape index (κ1) is 15.4. The van der Waals surface area contributed by atoms with Crippen molar-refractivity contribution in [2.45, 2.75) is 20.4 Å². The second-order valence-electron chi connectivity index (χ2n) is 5.37. The molecule has 0 aliphatic carbocycles. The first-order valence-electron chi connectivity index (χ1n) is 6.99. The van der Waals surface area contributed by atoms with Crippen LogP contribution in [0.15, 0.2) is 35.1 Å². The summed E-state index contributed by atoms with van der Waals surface area (Å²) in [4.78, 5) is 25.3. The van der Waals surface area contributed by atoms with Crippen LogP contribution in [-0.4, -0.2) is 15.6 Å². The van der Waals surface area contributed by atoms with Gasteiger partial charge in [0, 0.05) is 9.58 Å². The lowest BCUT2D eigenvalue weighted by Gasteiger charge is -2.11. The van der Waals surface area contributed by atoms with Crippen LogP contribution in [0.1, 0.15) is 26.5 Å². The van der Waals surface area contributed by atoms with Gasteiger partial charge in [-0.3, -0.25) is 9.36 Å². The summed E-state index contributed by atoms with van der Waals surface area (Å²) in [6, 6.07) is 7.21. The number of fused-ring (bicyclic) bond motifs is 1. The lowest BCUT2D eigenvalue weighted by atomic mass is 10.1. The van der Waals surface area contributed by atoms with Crippen LogP contribution in [0.4, 0.5) is 4.39 Å². The van der Waals surface area contributed by atoms with Gasteiger partial charge in [-0.1, -0.05) is 12.1 Å². The summed E-state index contributed by atoms with van der Waals surface area (Å²) in [5.41, 5.74) is 1.15. The quantitative estimate of drug-likeness (QED) is 0.798. The van der Waals surface area contributed by atoms with Gasteiger partial charge in [-0.05, 0) is 43.2 Å². The fourth-order valence-corrected chi connectivity index (χ4v) is 3.67. The van der Waals surface area contributed by atoms with Crippen molar-refractivity contribution in [3.63, 3.8) is 0 Å². The maximum absolute atomic E-state index is 13.0. The third kappa shape index (κ3) is 2.66. The van der Waals surface area contributed by atoms with E-state index in [4.69, 9.17) is 0 Å². The van der Waals surface area contributed by atoms with Crippen molar-refractivity contribution in [1.29, 1.82) is 0 Å². The molecule has 2 aromatic heterocycles. The monoisotopic (exact) mass is 331 g/mol. The topological polar surface area (TPSA) is 59.3 Å². The zero-order valence-corrected chi connectivity index (χ0v) is 13.4. The van der Waals surface area contributed by atoms with Crippen molar-refractivity contribution >= 4 is 27.4 Å². The lowest BCUT2D eigenvalue weighted by Crippen LogP contribution is -2.26. The zero-order valence-electron chi connectivity index (χ0n) is 12.6. The molecular formula is C17H14FNO3S. The van der Waals surface area contributed by atoms with E-state index >= 15 is 0 Å². The zero-order chi connectivity index (χ0) is 16.7. The predicted octanol–water partition coefficient (Wildman–Crippen LogP) is 3.57. The summed E-state index contributed by atoms with van der Waals surface area (Å²) in [6.45, 7) is 3.85. The standard InChI is InChI=1S/C17H14FNO3S/c1-9-10(2)23-14-7-13(17(21)22)19(16(20)15(9)14)8-11-3-5-12(18)6-4-11/h3-7H,8H2,1-2H3,(H,21,22). The summed E-state index contributed by atoms with van der Waals surface area (Å²) in [7, 11) is 0. The van der Waals surface area contributed by atoms with E-state index in [1.165, 1.54) is 34.1 Å². The van der Waals surface area contributed by atoms with Gasteiger partial charge in [-0.25, -0.2) is 9.18 Å². The SMILES string of the molecule is Cc1sc2cc(C(=O)O)n(Cc3ccc(F)cc3)c(=O)c2c1C. The van der Waals surface area contributed by atoms with Crippen LogP contribution in [0, 0.1) is 19.7 Å². The van der Waals surface area contributed by atoms with Crippen molar-refractivity contribution in [3.05, 3.63) is 68.2 Å². The summed E-state index contributed by atoms with van der Waals surface area (Å²) >= 11 is 1.42. The van der Waals surface area contributed by atoms with E-state index in [-0.39, 0.29) is 23.6 Å². The van der Waals surface area contributed by atoms with E-state index in [1.807, 2.05) is 13.8 Å². The van der Waals surface area contributed by atoms with Crippen molar-refractivity contribution in [2.75, 3.05) is 0 Å². The van der Waals surface area contributed by atoms with Crippen LogP contribution in [0.3, 0.4) is 0 Å². The molecule has 0 amide bonds. The molecule has 1 N–H and O–H groups in total. The Balaban J connectivity index is 2.24. The number of carbonyl (C=O) groups is 1. The van der Waals surface area contributed by atoms with Crippen LogP contribution in [0.2, 0.25) is 0 Å². The number of carboxylic acids is 1. The van der Waals surface area contributed by atoms with Crippen molar-refractivity contribution in [3.8, 4) is 0 Å². The molecule has 3 rings (SSSR count). The normalized spacial score (nSPS) is 11.1. The summed E-state index contributed by atoms with van der Waals surface area (Å²) in [6.07, 6.45) is 0. The number of carboxylic acid groups (broad SMARTS) is 1. The van der Waals surface area contributed by atoms with E-state index in [1.54, 1.807) is 12.1 Å². The molecule has 3 aromatic rings. The Morgan fingerprint density at radius 2 is 1.91 bits per heavy atom. The molecule has 0 bridgehead atoms. The van der Waals surface area contributed by atoms with E-state index in [9.17, 15) is 19.1 Å². The number of aryl methyl sites for hydroxylation is 2. The highest BCUT2D eigenvalue weighted by molar-refractivity contribution is 7.19. The molecule has 0 fully saturated rings. The first-order chi connectivity index (χ1) is 10.9. The molecule has 0 saturated heterocycles. The smallest absolute Gasteiger partial charge is 0.352 e. The number of halogens is 1. The molecule has 6 heteroatoms. The van der Waals surface area contributed by atoms with Crippen LogP contribution in [-0.2, 0) is 6.54 Å². The largest absolute Gasteiger partial charge is 0.477 e. The third-order valence-electron chi connectivity index (χ3n) is 3.90. The summed E-state index contributed by atoms with van der Waals surface area (Å²) in [5, 5.41) is 9.99. The first-order valence-corrected chi connectivity index (χ1v) is 7.81. The molecule has 0 radical (unpaired) electrons. The summed E-state index contributed by atoms with van der Waals surface area (Å²) in [5.74, 6) is -1.53. The third-order valence-corrected chi connectivity index (χ3v) is 5.06. The number of aromatic nitrogens is 1. The molecule has 1 aromatic carbocycles. The van der Waals surface area contributed by atoms with Gasteiger partial charge in [0.05, 0.1) is 11.9 Å². The maximum Gasteiger partial charge on any atom is 0.352 e. The minimum atomic E-state index is -1.16. The van der Waals surface area contributed by atoms with Gasteiger partial charge in [0.25, 0.3) is 5.56 Å². The molecule has 0 atom stereocenters. The number of hydrogen-bond donors (Lipinski definition) is 1. The minimum Gasteiger partial charge on any atom is -0.477 e. The van der Waals surface area contributed by atoms with Gasteiger partial charge < -0.3 is 5.11 Å². The predicted molar refractivity (Wildman–Crippen MR) is 88.0 cm³/mol. The fourth-order valence-electron chi connectivity index (χ4n) is 2.57. The van der Waals surface area contributed by atoms with Crippen LogP contribution < -0.4 is 5.56 Å². The Hall–Kier alpha value is -2.47. The number of aromatic carboxylic acids is 1. The van der Waals surface area contributed by atoms with Crippen LogP contribution in [0.25, 0.3) is 10.1 Å². The van der Waals surface area contributed by atoms with E-state index in [2.05, 4.69) is 0 Å². The number of pyridine rings is 1. The maximum atomic E-state index is 13.0. The average molecular weight is 331 g/mol. The van der Waals surface area contributed by atoms with Gasteiger partial charge >= 0.3 is 5.97 Å². The highest BCUT2D eigenvalue weighted by atomic mass is 32.1. The Labute approximate surface area is 135 Å². The molecule has 0 spiro atoms. The molecule has 0 aliphatic heterocycles. The van der Waals surface area contributed by atoms with Crippen molar-refractivity contribution < 1.29 is 14.3 Å². The number of benzene rings is 1. The van der Waals surface area contributed by atoms with Crippen LogP contribution >= 0.6 is 11.3 Å². The molecule has 0 aliphatic rings. The fraction of sp³-hybridized carbons (Fsp3) is 0.176. The lowest BCUT2D eigenvalue weighted by molar-refractivity contribution is 0.0684. The van der Waals surface area contributed by atoms with E-state index < -0.39 is 5.97 Å². The molecule has 0 saturated carbocycles. The van der Waals surface area contributed by atoms with Gasteiger partial charge in [-0.15, -0.1) is 11.3 Å². The molecule has 118 valence electrons. The number of thiophene rings is 1. The van der Waals surface area contributed by atoms with Gasteiger partial charge in [-0.2, -0.15) is 0 Å². The number of nitrogens with zero attached hydrogens (tertiary/aromatic N) is 1. The second-order valence-corrected chi connectivity index (χ2v) is 6.63. The highest BCUT2D eigenvalue weighted by Crippen LogP contribution is 2.28. The second kappa shape index (κ2) is 5.62. The van der Waals surface area contributed by atoms with Gasteiger partial charge in [0.1, 0.15) is 11.5 Å². The molecule has 0 unspecified atom stereocenters. The average Bonchev–Trinajstić information content (AvgIpc) is 2.79. The molecule has 2 heterocycles. The Kier molecular flexibility index (Phi) is 3.77. The highest BCUT2D eigenvalue weighted by Gasteiger charge is 2.18. The number of rotatable bonds is 3. The van der Waals surface area contributed by atoms with E-state index in [0.717, 1.165) is 10.4 Å².